The average Bonchev–Trinajstić information content (AvgIpc) is 3.07. The zero-order valence-electron chi connectivity index (χ0n) is 16.3. The molecule has 27 heavy (non-hydrogen) atoms. The maximum absolute atomic E-state index is 12.3. The SMILES string of the molecule is C=C(C)C1CCC2=CC(OC2=O)C(C(=C)C)c2cc(C)c(o2)C1OC(C)=O. The van der Waals surface area contributed by atoms with Gasteiger partial charge in [0.05, 0.1) is 5.92 Å². The Hall–Kier alpha value is -2.56. The van der Waals surface area contributed by atoms with Gasteiger partial charge >= 0.3 is 11.9 Å². The molecule has 2 aliphatic heterocycles. The molecule has 0 saturated heterocycles. The van der Waals surface area contributed by atoms with Gasteiger partial charge in [0.1, 0.15) is 17.6 Å². The van der Waals surface area contributed by atoms with Gasteiger partial charge in [0, 0.05) is 18.4 Å². The minimum atomic E-state index is -0.576. The molecule has 0 spiro atoms. The lowest BCUT2D eigenvalue weighted by Gasteiger charge is -2.27. The van der Waals surface area contributed by atoms with E-state index in [0.29, 0.717) is 29.9 Å². The molecule has 0 aromatic carbocycles. The fourth-order valence-electron chi connectivity index (χ4n) is 3.96. The van der Waals surface area contributed by atoms with Gasteiger partial charge < -0.3 is 13.9 Å². The van der Waals surface area contributed by atoms with Crippen molar-refractivity contribution in [3.05, 3.63) is 59.1 Å². The molecule has 0 fully saturated rings. The van der Waals surface area contributed by atoms with Gasteiger partial charge in [-0.15, -0.1) is 0 Å². The summed E-state index contributed by atoms with van der Waals surface area (Å²) in [7, 11) is 0. The molecular formula is C22H26O5. The van der Waals surface area contributed by atoms with E-state index in [1.165, 1.54) is 6.92 Å². The minimum Gasteiger partial charge on any atom is -0.461 e. The van der Waals surface area contributed by atoms with Crippen molar-refractivity contribution < 1.29 is 23.5 Å². The second kappa shape index (κ2) is 7.22. The summed E-state index contributed by atoms with van der Waals surface area (Å²) in [5.74, 6) is 0.146. The molecule has 3 heterocycles. The minimum absolute atomic E-state index is 0.166. The number of hydrogen-bond donors (Lipinski definition) is 0. The van der Waals surface area contributed by atoms with Gasteiger partial charge in [-0.05, 0) is 51.3 Å². The van der Waals surface area contributed by atoms with E-state index in [4.69, 9.17) is 13.9 Å². The van der Waals surface area contributed by atoms with E-state index < -0.39 is 12.2 Å². The van der Waals surface area contributed by atoms with Crippen LogP contribution in [0.15, 0.2) is 46.4 Å². The molecule has 2 aliphatic rings. The Morgan fingerprint density at radius 1 is 1.22 bits per heavy atom. The molecule has 0 N–H and O–H groups in total. The van der Waals surface area contributed by atoms with Gasteiger partial charge in [0.2, 0.25) is 0 Å². The molecular weight excluding hydrogens is 344 g/mol. The molecule has 3 rings (SSSR count). The predicted molar refractivity (Wildman–Crippen MR) is 101 cm³/mol. The lowest BCUT2D eigenvalue weighted by Crippen LogP contribution is -2.21. The van der Waals surface area contributed by atoms with Crippen LogP contribution in [0.5, 0.6) is 0 Å². The Balaban J connectivity index is 2.17. The second-order valence-corrected chi connectivity index (χ2v) is 7.60. The lowest BCUT2D eigenvalue weighted by atomic mass is 9.86. The summed E-state index contributed by atoms with van der Waals surface area (Å²) in [6.07, 6.45) is 2.00. The number of furan rings is 1. The monoisotopic (exact) mass is 370 g/mol. The van der Waals surface area contributed by atoms with E-state index >= 15 is 0 Å². The van der Waals surface area contributed by atoms with Crippen LogP contribution in [0.3, 0.4) is 0 Å². The summed E-state index contributed by atoms with van der Waals surface area (Å²) < 4.78 is 17.5. The van der Waals surface area contributed by atoms with Crippen molar-refractivity contribution >= 4 is 11.9 Å². The van der Waals surface area contributed by atoms with Crippen LogP contribution in [0.2, 0.25) is 0 Å². The van der Waals surface area contributed by atoms with Crippen LogP contribution >= 0.6 is 0 Å². The van der Waals surface area contributed by atoms with Crippen LogP contribution in [0, 0.1) is 12.8 Å². The topological polar surface area (TPSA) is 65.7 Å². The Morgan fingerprint density at radius 3 is 2.52 bits per heavy atom. The zero-order chi connectivity index (χ0) is 19.9. The van der Waals surface area contributed by atoms with E-state index in [0.717, 1.165) is 16.7 Å². The number of rotatable bonds is 3. The molecule has 5 heteroatoms. The van der Waals surface area contributed by atoms with Crippen molar-refractivity contribution in [2.24, 2.45) is 5.92 Å². The molecule has 1 aromatic heterocycles. The van der Waals surface area contributed by atoms with Gasteiger partial charge in [-0.25, -0.2) is 4.79 Å². The van der Waals surface area contributed by atoms with Gasteiger partial charge in [-0.2, -0.15) is 0 Å². The third kappa shape index (κ3) is 3.64. The molecule has 4 bridgehead atoms. The molecule has 1 aromatic rings. The molecule has 0 saturated carbocycles. The Morgan fingerprint density at radius 2 is 1.93 bits per heavy atom. The molecule has 4 atom stereocenters. The number of hydrogen-bond acceptors (Lipinski definition) is 5. The van der Waals surface area contributed by atoms with Crippen LogP contribution in [0.25, 0.3) is 0 Å². The van der Waals surface area contributed by atoms with Crippen molar-refractivity contribution in [1.29, 1.82) is 0 Å². The predicted octanol–water partition coefficient (Wildman–Crippen LogP) is 4.69. The summed E-state index contributed by atoms with van der Waals surface area (Å²) in [5.41, 5.74) is 3.24. The summed E-state index contributed by atoms with van der Waals surface area (Å²) in [4.78, 5) is 24.1. The third-order valence-electron chi connectivity index (χ3n) is 5.29. The average molecular weight is 370 g/mol. The zero-order valence-corrected chi connectivity index (χ0v) is 16.3. The van der Waals surface area contributed by atoms with E-state index in [9.17, 15) is 9.59 Å². The first-order valence-electron chi connectivity index (χ1n) is 9.19. The summed E-state index contributed by atoms with van der Waals surface area (Å²) >= 11 is 0. The van der Waals surface area contributed by atoms with Crippen molar-refractivity contribution in [1.82, 2.24) is 0 Å². The van der Waals surface area contributed by atoms with Crippen molar-refractivity contribution in [2.45, 2.75) is 58.7 Å². The fraction of sp³-hybridized carbons (Fsp3) is 0.455. The molecule has 5 nitrogen and oxygen atoms in total. The van der Waals surface area contributed by atoms with E-state index in [1.54, 1.807) is 0 Å². The van der Waals surface area contributed by atoms with Crippen molar-refractivity contribution in [2.75, 3.05) is 0 Å². The summed E-state index contributed by atoms with van der Waals surface area (Å²) in [6.45, 7) is 15.3. The molecule has 144 valence electrons. The first-order valence-corrected chi connectivity index (χ1v) is 9.19. The highest BCUT2D eigenvalue weighted by molar-refractivity contribution is 5.91. The maximum atomic E-state index is 12.3. The van der Waals surface area contributed by atoms with Gasteiger partial charge in [-0.1, -0.05) is 24.3 Å². The van der Waals surface area contributed by atoms with Crippen LogP contribution < -0.4 is 0 Å². The number of carbonyl (C=O) groups is 2. The summed E-state index contributed by atoms with van der Waals surface area (Å²) in [6, 6.07) is 1.92. The quantitative estimate of drug-likeness (QED) is 0.570. The Kier molecular flexibility index (Phi) is 5.13. The van der Waals surface area contributed by atoms with E-state index in [2.05, 4.69) is 13.2 Å². The standard InChI is InChI=1S/C22H26O5/c1-11(2)16-8-7-15-10-18(27-22(15)24)19(12(3)4)17-9-13(5)20(26-17)21(16)25-14(6)23/h9-10,16,18-19,21H,1,3,7-8H2,2,4-6H3. The number of ether oxygens (including phenoxy) is 2. The highest BCUT2D eigenvalue weighted by Gasteiger charge is 2.39. The Bertz CT molecular complexity index is 841. The van der Waals surface area contributed by atoms with Crippen LogP contribution in [-0.4, -0.2) is 18.0 Å². The maximum Gasteiger partial charge on any atom is 0.334 e. The summed E-state index contributed by atoms with van der Waals surface area (Å²) in [5, 5.41) is 0. The van der Waals surface area contributed by atoms with Crippen LogP contribution in [0.1, 0.15) is 62.7 Å². The van der Waals surface area contributed by atoms with E-state index in [-0.39, 0.29) is 23.8 Å². The van der Waals surface area contributed by atoms with Crippen LogP contribution in [0.4, 0.5) is 0 Å². The van der Waals surface area contributed by atoms with Gasteiger partial charge in [0.15, 0.2) is 6.10 Å². The van der Waals surface area contributed by atoms with Gasteiger partial charge in [0.25, 0.3) is 0 Å². The van der Waals surface area contributed by atoms with Gasteiger partial charge in [-0.3, -0.25) is 4.79 Å². The molecule has 0 radical (unpaired) electrons. The highest BCUT2D eigenvalue weighted by atomic mass is 16.6. The number of esters is 2. The Labute approximate surface area is 159 Å². The first-order chi connectivity index (χ1) is 12.7. The lowest BCUT2D eigenvalue weighted by molar-refractivity contribution is -0.150. The van der Waals surface area contributed by atoms with Crippen LogP contribution in [-0.2, 0) is 19.1 Å². The molecule has 4 unspecified atom stereocenters. The number of carbonyl (C=O) groups excluding carboxylic acids is 2. The largest absolute Gasteiger partial charge is 0.461 e. The normalized spacial score (nSPS) is 27.3. The first kappa shape index (κ1) is 19.2. The van der Waals surface area contributed by atoms with Crippen molar-refractivity contribution in [3.63, 3.8) is 0 Å². The smallest absolute Gasteiger partial charge is 0.334 e. The third-order valence-corrected chi connectivity index (χ3v) is 5.29. The highest BCUT2D eigenvalue weighted by Crippen LogP contribution is 2.43. The molecule has 0 amide bonds. The second-order valence-electron chi connectivity index (χ2n) is 7.60. The number of aryl methyl sites for hydroxylation is 1. The number of fused-ring (bicyclic) bond motifs is 3. The van der Waals surface area contributed by atoms with E-state index in [1.807, 2.05) is 32.9 Å². The molecule has 0 aliphatic carbocycles. The van der Waals surface area contributed by atoms with Crippen molar-refractivity contribution in [3.8, 4) is 0 Å². The fourth-order valence-corrected chi connectivity index (χ4v) is 3.96.